The van der Waals surface area contributed by atoms with Crippen LogP contribution in [-0.2, 0) is 6.61 Å². The molecule has 18 heavy (non-hydrogen) atoms. The number of nitrogens with zero attached hydrogens (tertiary/aromatic N) is 1. The fourth-order valence-corrected chi connectivity index (χ4v) is 1.53. The number of hydrogen-bond acceptors (Lipinski definition) is 3. The predicted octanol–water partition coefficient (Wildman–Crippen LogP) is 2.60. The molecule has 0 saturated heterocycles. The highest BCUT2D eigenvalue weighted by Crippen LogP contribution is 2.16. The second kappa shape index (κ2) is 5.51. The molecule has 5 heteroatoms. The van der Waals surface area contributed by atoms with Gasteiger partial charge in [0.25, 0.3) is 0 Å². The van der Waals surface area contributed by atoms with Crippen LogP contribution in [0.15, 0.2) is 42.6 Å². The standard InChI is InChI=1S/C13H12ClN3O/c14-10-1-3-11(4-2-10)18-8-9-5-6-17-12(7-9)13(15)16/h1-7H,8H2,(H3,15,16). The van der Waals surface area contributed by atoms with Crippen molar-refractivity contribution in [3.8, 4) is 5.75 Å². The normalized spacial score (nSPS) is 10.1. The molecule has 92 valence electrons. The number of pyridine rings is 1. The van der Waals surface area contributed by atoms with E-state index in [-0.39, 0.29) is 5.84 Å². The van der Waals surface area contributed by atoms with Gasteiger partial charge in [-0.05, 0) is 42.0 Å². The van der Waals surface area contributed by atoms with Gasteiger partial charge >= 0.3 is 0 Å². The molecule has 2 rings (SSSR count). The minimum Gasteiger partial charge on any atom is -0.489 e. The Morgan fingerprint density at radius 3 is 2.67 bits per heavy atom. The summed E-state index contributed by atoms with van der Waals surface area (Å²) in [4.78, 5) is 3.98. The number of benzene rings is 1. The molecule has 4 nitrogen and oxygen atoms in total. The molecular formula is C13H12ClN3O. The molecule has 3 N–H and O–H groups in total. The molecular weight excluding hydrogens is 250 g/mol. The van der Waals surface area contributed by atoms with E-state index < -0.39 is 0 Å². The maximum atomic E-state index is 7.31. The first kappa shape index (κ1) is 12.4. The molecule has 0 spiro atoms. The molecule has 0 aliphatic carbocycles. The quantitative estimate of drug-likeness (QED) is 0.656. The molecule has 1 heterocycles. The fraction of sp³-hybridized carbons (Fsp3) is 0.0769. The second-order valence-corrected chi connectivity index (χ2v) is 4.14. The van der Waals surface area contributed by atoms with Gasteiger partial charge in [-0.25, -0.2) is 0 Å². The molecule has 0 atom stereocenters. The number of nitrogen functional groups attached to an aromatic ring is 1. The van der Waals surface area contributed by atoms with Gasteiger partial charge in [-0.2, -0.15) is 0 Å². The zero-order valence-corrected chi connectivity index (χ0v) is 10.3. The minimum atomic E-state index is -0.0525. The van der Waals surface area contributed by atoms with Crippen molar-refractivity contribution in [2.24, 2.45) is 5.73 Å². The zero-order chi connectivity index (χ0) is 13.0. The van der Waals surface area contributed by atoms with Gasteiger partial charge in [0.05, 0.1) is 0 Å². The van der Waals surface area contributed by atoms with Crippen molar-refractivity contribution < 1.29 is 4.74 Å². The van der Waals surface area contributed by atoms with Crippen LogP contribution in [-0.4, -0.2) is 10.8 Å². The summed E-state index contributed by atoms with van der Waals surface area (Å²) >= 11 is 5.78. The topological polar surface area (TPSA) is 72.0 Å². The Balaban J connectivity index is 2.04. The summed E-state index contributed by atoms with van der Waals surface area (Å²) in [6, 6.07) is 10.7. The number of ether oxygens (including phenoxy) is 1. The Morgan fingerprint density at radius 1 is 1.28 bits per heavy atom. The Bertz CT molecular complexity index is 554. The lowest BCUT2D eigenvalue weighted by Crippen LogP contribution is -2.13. The molecule has 0 amide bonds. The maximum absolute atomic E-state index is 7.31. The third kappa shape index (κ3) is 3.21. The van der Waals surface area contributed by atoms with Crippen molar-refractivity contribution in [3.05, 3.63) is 58.9 Å². The monoisotopic (exact) mass is 261 g/mol. The first-order valence-electron chi connectivity index (χ1n) is 5.33. The maximum Gasteiger partial charge on any atom is 0.141 e. The molecule has 1 aromatic carbocycles. The van der Waals surface area contributed by atoms with Gasteiger partial charge in [0.15, 0.2) is 0 Å². The van der Waals surface area contributed by atoms with Gasteiger partial charge in [-0.3, -0.25) is 10.4 Å². The number of hydrogen-bond donors (Lipinski definition) is 2. The molecule has 0 aliphatic heterocycles. The predicted molar refractivity (Wildman–Crippen MR) is 71.0 cm³/mol. The number of halogens is 1. The largest absolute Gasteiger partial charge is 0.489 e. The average molecular weight is 262 g/mol. The summed E-state index contributed by atoms with van der Waals surface area (Å²) in [5, 5.41) is 7.98. The van der Waals surface area contributed by atoms with E-state index in [1.54, 1.807) is 36.5 Å². The van der Waals surface area contributed by atoms with E-state index in [4.69, 9.17) is 27.5 Å². The van der Waals surface area contributed by atoms with E-state index >= 15 is 0 Å². The molecule has 0 bridgehead atoms. The molecule has 2 aromatic rings. The highest BCUT2D eigenvalue weighted by Gasteiger charge is 2.01. The van der Waals surface area contributed by atoms with Crippen LogP contribution in [0.4, 0.5) is 0 Å². The summed E-state index contributed by atoms with van der Waals surface area (Å²) in [6.45, 7) is 0.393. The van der Waals surface area contributed by atoms with Gasteiger partial charge in [0.2, 0.25) is 0 Å². The molecule has 0 aliphatic rings. The number of amidine groups is 1. The summed E-state index contributed by atoms with van der Waals surface area (Å²) in [7, 11) is 0. The van der Waals surface area contributed by atoms with E-state index in [0.29, 0.717) is 17.3 Å². The third-order valence-electron chi connectivity index (χ3n) is 2.32. The highest BCUT2D eigenvalue weighted by atomic mass is 35.5. The average Bonchev–Trinajstić information content (AvgIpc) is 2.38. The number of aromatic nitrogens is 1. The van der Waals surface area contributed by atoms with Gasteiger partial charge in [0, 0.05) is 11.2 Å². The number of nitrogens with one attached hydrogen (secondary N) is 1. The Morgan fingerprint density at radius 2 is 2.00 bits per heavy atom. The summed E-state index contributed by atoms with van der Waals surface area (Å²) < 4.78 is 5.58. The summed E-state index contributed by atoms with van der Waals surface area (Å²) in [5.41, 5.74) is 6.73. The van der Waals surface area contributed by atoms with Crippen molar-refractivity contribution >= 4 is 17.4 Å². The number of rotatable bonds is 4. The van der Waals surface area contributed by atoms with Crippen LogP contribution in [0.25, 0.3) is 0 Å². The van der Waals surface area contributed by atoms with Gasteiger partial charge in [-0.1, -0.05) is 11.6 Å². The summed E-state index contributed by atoms with van der Waals surface area (Å²) in [6.07, 6.45) is 1.61. The van der Waals surface area contributed by atoms with Gasteiger partial charge in [0.1, 0.15) is 23.9 Å². The minimum absolute atomic E-state index is 0.0525. The molecule has 0 fully saturated rings. The van der Waals surface area contributed by atoms with E-state index in [0.717, 1.165) is 11.3 Å². The third-order valence-corrected chi connectivity index (χ3v) is 2.57. The van der Waals surface area contributed by atoms with Crippen LogP contribution in [0.2, 0.25) is 5.02 Å². The molecule has 0 unspecified atom stereocenters. The molecule has 0 saturated carbocycles. The lowest BCUT2D eigenvalue weighted by molar-refractivity contribution is 0.306. The van der Waals surface area contributed by atoms with Gasteiger partial charge < -0.3 is 10.5 Å². The molecule has 1 aromatic heterocycles. The van der Waals surface area contributed by atoms with Crippen molar-refractivity contribution in [3.63, 3.8) is 0 Å². The van der Waals surface area contributed by atoms with Crippen molar-refractivity contribution in [1.29, 1.82) is 5.41 Å². The summed E-state index contributed by atoms with van der Waals surface area (Å²) in [5.74, 6) is 0.684. The van der Waals surface area contributed by atoms with E-state index in [1.807, 2.05) is 6.07 Å². The Hall–Kier alpha value is -2.07. The highest BCUT2D eigenvalue weighted by molar-refractivity contribution is 6.30. The van der Waals surface area contributed by atoms with Crippen LogP contribution in [0.3, 0.4) is 0 Å². The van der Waals surface area contributed by atoms with Gasteiger partial charge in [-0.15, -0.1) is 0 Å². The Labute approximate surface area is 110 Å². The SMILES string of the molecule is N=C(N)c1cc(COc2ccc(Cl)cc2)ccn1. The van der Waals surface area contributed by atoms with E-state index in [9.17, 15) is 0 Å². The zero-order valence-electron chi connectivity index (χ0n) is 9.56. The van der Waals surface area contributed by atoms with E-state index in [1.165, 1.54) is 0 Å². The first-order chi connectivity index (χ1) is 8.65. The van der Waals surface area contributed by atoms with Crippen LogP contribution < -0.4 is 10.5 Å². The lowest BCUT2D eigenvalue weighted by Gasteiger charge is -2.07. The molecule has 0 radical (unpaired) electrons. The van der Waals surface area contributed by atoms with Crippen molar-refractivity contribution in [2.45, 2.75) is 6.61 Å². The van der Waals surface area contributed by atoms with Crippen LogP contribution in [0.5, 0.6) is 5.75 Å². The van der Waals surface area contributed by atoms with Crippen molar-refractivity contribution in [2.75, 3.05) is 0 Å². The first-order valence-corrected chi connectivity index (χ1v) is 5.70. The Kier molecular flexibility index (Phi) is 3.79. The van der Waals surface area contributed by atoms with Crippen LogP contribution >= 0.6 is 11.6 Å². The lowest BCUT2D eigenvalue weighted by atomic mass is 10.2. The van der Waals surface area contributed by atoms with Crippen LogP contribution in [0.1, 0.15) is 11.3 Å². The smallest absolute Gasteiger partial charge is 0.141 e. The van der Waals surface area contributed by atoms with Crippen LogP contribution in [0, 0.1) is 5.41 Å². The van der Waals surface area contributed by atoms with Crippen molar-refractivity contribution in [1.82, 2.24) is 4.98 Å². The fourth-order valence-electron chi connectivity index (χ4n) is 1.41. The second-order valence-electron chi connectivity index (χ2n) is 3.71. The number of nitrogens with two attached hydrogens (primary N) is 1. The van der Waals surface area contributed by atoms with E-state index in [2.05, 4.69) is 4.98 Å².